The average Bonchev–Trinajstić information content (AvgIpc) is 2.88. The number of aromatic nitrogens is 5. The first-order valence-corrected chi connectivity index (χ1v) is 6.31. The van der Waals surface area contributed by atoms with Crippen molar-refractivity contribution in [2.45, 2.75) is 5.92 Å². The fourth-order valence-corrected chi connectivity index (χ4v) is 2.66. The van der Waals surface area contributed by atoms with E-state index < -0.39 is 23.8 Å². The molecule has 0 spiro atoms. The van der Waals surface area contributed by atoms with Gasteiger partial charge in [-0.15, -0.1) is 0 Å². The highest BCUT2D eigenvalue weighted by Crippen LogP contribution is 2.35. The van der Waals surface area contributed by atoms with Crippen LogP contribution in [-0.2, 0) is 7.05 Å². The van der Waals surface area contributed by atoms with E-state index in [1.807, 2.05) is 0 Å². The fourth-order valence-electron chi connectivity index (χ4n) is 2.66. The number of aryl methyl sites for hydroxylation is 1. The Hall–Kier alpha value is -2.77. The van der Waals surface area contributed by atoms with Crippen molar-refractivity contribution in [1.29, 1.82) is 0 Å². The minimum absolute atomic E-state index is 0.201. The number of hydrogen-bond donors (Lipinski definition) is 2. The van der Waals surface area contributed by atoms with Gasteiger partial charge in [-0.3, -0.25) is 9.48 Å². The molecule has 2 atom stereocenters. The van der Waals surface area contributed by atoms with Crippen LogP contribution in [0.4, 0.5) is 10.1 Å². The van der Waals surface area contributed by atoms with Crippen LogP contribution in [0.15, 0.2) is 23.3 Å². The number of nitrogens with zero attached hydrogens (tertiary/aromatic N) is 4. The van der Waals surface area contributed by atoms with Crippen LogP contribution < -0.4 is 10.9 Å². The Labute approximate surface area is 119 Å². The topological polar surface area (TPSA) is 88.5 Å². The molecule has 106 valence electrons. The van der Waals surface area contributed by atoms with E-state index in [2.05, 4.69) is 25.6 Å². The smallest absolute Gasteiger partial charge is 0.272 e. The summed E-state index contributed by atoms with van der Waals surface area (Å²) >= 11 is 0. The zero-order valence-corrected chi connectivity index (χ0v) is 11.0. The third-order valence-electron chi connectivity index (χ3n) is 3.61. The number of anilines is 1. The molecule has 0 aliphatic carbocycles. The van der Waals surface area contributed by atoms with Crippen molar-refractivity contribution in [2.75, 3.05) is 11.8 Å². The molecule has 2 aromatic heterocycles. The first kappa shape index (κ1) is 11.0. The van der Waals surface area contributed by atoms with E-state index in [1.54, 1.807) is 11.7 Å². The summed E-state index contributed by atoms with van der Waals surface area (Å²) in [6.45, 7) is -0.821. The lowest BCUT2D eigenvalue weighted by atomic mass is 9.94. The van der Waals surface area contributed by atoms with Crippen LogP contribution in [-0.4, -0.2) is 31.5 Å². The van der Waals surface area contributed by atoms with E-state index in [0.717, 1.165) is 0 Å². The molecular weight excluding hydrogens is 275 g/mol. The molecule has 4 rings (SSSR count). The Morgan fingerprint density at radius 2 is 2.38 bits per heavy atom. The van der Waals surface area contributed by atoms with Crippen molar-refractivity contribution < 1.29 is 5.76 Å². The third kappa shape index (κ3) is 1.65. The second kappa shape index (κ2) is 4.11. The normalized spacial score (nSPS) is 21.1. The van der Waals surface area contributed by atoms with Crippen LogP contribution in [0, 0.1) is 5.82 Å². The number of nitrogens with one attached hydrogen (secondary N) is 2. The van der Waals surface area contributed by atoms with Crippen LogP contribution in [0.5, 0.6) is 0 Å². The largest absolute Gasteiger partial charge is 0.383 e. The third-order valence-corrected chi connectivity index (χ3v) is 3.61. The molecule has 0 unspecified atom stereocenters. The summed E-state index contributed by atoms with van der Waals surface area (Å²) in [6, 6.07) is 2.43. The van der Waals surface area contributed by atoms with Gasteiger partial charge in [0.25, 0.3) is 5.56 Å². The van der Waals surface area contributed by atoms with E-state index in [9.17, 15) is 9.18 Å². The van der Waals surface area contributed by atoms with Gasteiger partial charge in [0, 0.05) is 24.6 Å². The minimum atomic E-state index is -0.821. The maximum atomic E-state index is 13.7. The van der Waals surface area contributed by atoms with E-state index in [1.165, 1.54) is 18.5 Å². The van der Waals surface area contributed by atoms with Gasteiger partial charge in [0.2, 0.25) is 0 Å². The molecule has 0 radical (unpaired) electrons. The Kier molecular flexibility index (Phi) is 2.14. The number of halogens is 1. The van der Waals surface area contributed by atoms with Crippen molar-refractivity contribution in [2.24, 2.45) is 7.05 Å². The predicted octanol–water partition coefficient (Wildman–Crippen LogP) is 0.748. The van der Waals surface area contributed by atoms with Crippen molar-refractivity contribution >= 4 is 16.5 Å². The first-order valence-electron chi connectivity index (χ1n) is 6.88. The Bertz CT molecular complexity index is 951. The molecule has 0 fully saturated rings. The molecule has 1 aromatic carbocycles. The highest BCUT2D eigenvalue weighted by molar-refractivity contribution is 5.96. The van der Waals surface area contributed by atoms with Gasteiger partial charge in [-0.1, -0.05) is 0 Å². The van der Waals surface area contributed by atoms with Crippen LogP contribution >= 0.6 is 0 Å². The fraction of sp³-hybridized carbons (Fsp3) is 0.231. The quantitative estimate of drug-likeness (QED) is 0.689. The van der Waals surface area contributed by atoms with Gasteiger partial charge in [-0.2, -0.15) is 10.2 Å². The Morgan fingerprint density at radius 3 is 3.14 bits per heavy atom. The van der Waals surface area contributed by atoms with Crippen LogP contribution in [0.3, 0.4) is 0 Å². The standard InChI is InChI=1S/C13H11FN6O/c1-20-12(16-5-17-20)8-4-15-9-3-6(14)2-7-10(9)11(8)18-19-13(7)21/h2-3,5,8,15H,4H2,1H3,(H,19,21)/t8-/m1/s1/i4D/t4-,8+/m0. The van der Waals surface area contributed by atoms with E-state index in [4.69, 9.17) is 1.37 Å². The van der Waals surface area contributed by atoms with Gasteiger partial charge >= 0.3 is 0 Å². The maximum absolute atomic E-state index is 13.7. The summed E-state index contributed by atoms with van der Waals surface area (Å²) in [5, 5.41) is 14.1. The molecular formula is C13H11FN6O. The summed E-state index contributed by atoms with van der Waals surface area (Å²) in [6.07, 6.45) is 1.39. The molecule has 0 saturated heterocycles. The van der Waals surface area contributed by atoms with Gasteiger partial charge in [0.05, 0.1) is 18.4 Å². The van der Waals surface area contributed by atoms with Crippen molar-refractivity contribution in [1.82, 2.24) is 25.0 Å². The summed E-state index contributed by atoms with van der Waals surface area (Å²) < 4.78 is 23.5. The highest BCUT2D eigenvalue weighted by Gasteiger charge is 2.29. The summed E-state index contributed by atoms with van der Waals surface area (Å²) in [7, 11) is 1.72. The van der Waals surface area contributed by atoms with Gasteiger partial charge in [-0.05, 0) is 12.1 Å². The van der Waals surface area contributed by atoms with Gasteiger partial charge < -0.3 is 5.32 Å². The summed E-state index contributed by atoms with van der Waals surface area (Å²) in [4.78, 5) is 16.1. The lowest BCUT2D eigenvalue weighted by Crippen LogP contribution is -2.26. The number of aromatic amines is 1. The molecule has 3 aromatic rings. The lowest BCUT2D eigenvalue weighted by Gasteiger charge is -2.24. The maximum Gasteiger partial charge on any atom is 0.272 e. The molecule has 21 heavy (non-hydrogen) atoms. The van der Waals surface area contributed by atoms with E-state index in [-0.39, 0.29) is 5.39 Å². The second-order valence-electron chi connectivity index (χ2n) is 4.84. The van der Waals surface area contributed by atoms with Gasteiger partial charge in [0.15, 0.2) is 0 Å². The van der Waals surface area contributed by atoms with Crippen LogP contribution in [0.1, 0.15) is 18.8 Å². The second-order valence-corrected chi connectivity index (χ2v) is 4.84. The predicted molar refractivity (Wildman–Crippen MR) is 73.7 cm³/mol. The molecule has 1 aliphatic rings. The van der Waals surface area contributed by atoms with Crippen molar-refractivity contribution in [3.05, 3.63) is 46.1 Å². The number of hydrogen-bond acceptors (Lipinski definition) is 5. The average molecular weight is 287 g/mol. The monoisotopic (exact) mass is 287 g/mol. The summed E-state index contributed by atoms with van der Waals surface area (Å²) in [5.74, 6) is -0.518. The van der Waals surface area contributed by atoms with Crippen molar-refractivity contribution in [3.63, 3.8) is 0 Å². The van der Waals surface area contributed by atoms with Gasteiger partial charge in [0.1, 0.15) is 18.0 Å². The lowest BCUT2D eigenvalue weighted by molar-refractivity contribution is 0.625. The molecule has 3 heterocycles. The van der Waals surface area contributed by atoms with Gasteiger partial charge in [-0.25, -0.2) is 14.5 Å². The highest BCUT2D eigenvalue weighted by atomic mass is 19.1. The summed E-state index contributed by atoms with van der Waals surface area (Å²) in [5.41, 5.74) is 0.405. The SMILES string of the molecule is [2H][C@@H]1Nc2cc(F)cc3c(=O)[nH]nc(c23)[C@@H]1c1ncnn1C. The molecule has 0 amide bonds. The molecule has 8 heteroatoms. The molecule has 2 N–H and O–H groups in total. The van der Waals surface area contributed by atoms with E-state index >= 15 is 0 Å². The zero-order chi connectivity index (χ0) is 15.4. The molecule has 7 nitrogen and oxygen atoms in total. The molecule has 1 aliphatic heterocycles. The Morgan fingerprint density at radius 1 is 1.52 bits per heavy atom. The minimum Gasteiger partial charge on any atom is -0.383 e. The first-order chi connectivity index (χ1) is 10.6. The Balaban J connectivity index is 2.08. The number of benzene rings is 1. The molecule has 0 saturated carbocycles. The zero-order valence-electron chi connectivity index (χ0n) is 12.0. The number of H-pyrrole nitrogens is 1. The van der Waals surface area contributed by atoms with Crippen LogP contribution in [0.25, 0.3) is 10.8 Å². The van der Waals surface area contributed by atoms with Crippen LogP contribution in [0.2, 0.25) is 0 Å². The van der Waals surface area contributed by atoms with E-state index in [0.29, 0.717) is 22.6 Å². The number of rotatable bonds is 1. The molecule has 0 bridgehead atoms. The van der Waals surface area contributed by atoms with Crippen molar-refractivity contribution in [3.8, 4) is 0 Å².